The molecule has 2 aromatic heterocycles. The van der Waals surface area contributed by atoms with Gasteiger partial charge in [-0.15, -0.1) is 0 Å². The highest BCUT2D eigenvalue weighted by atomic mass is 79.9. The molecule has 3 heterocycles. The topological polar surface area (TPSA) is 46.4 Å². The molecule has 3 aromatic carbocycles. The summed E-state index contributed by atoms with van der Waals surface area (Å²) < 4.78 is 2.85. The Hall–Kier alpha value is -3.35. The van der Waals surface area contributed by atoms with Crippen molar-refractivity contribution in [1.29, 1.82) is 0 Å². The van der Waals surface area contributed by atoms with Crippen LogP contribution in [0.3, 0.4) is 0 Å². The molecule has 4 nitrogen and oxygen atoms in total. The van der Waals surface area contributed by atoms with Crippen molar-refractivity contribution in [2.75, 3.05) is 5.32 Å². The Labute approximate surface area is 197 Å². The average Bonchev–Trinajstić information content (AvgIpc) is 3.22. The van der Waals surface area contributed by atoms with Gasteiger partial charge in [0.25, 0.3) is 0 Å². The number of para-hydroxylation sites is 1. The van der Waals surface area contributed by atoms with Gasteiger partial charge in [-0.2, -0.15) is 0 Å². The van der Waals surface area contributed by atoms with E-state index in [4.69, 9.17) is 4.98 Å². The van der Waals surface area contributed by atoms with E-state index in [1.165, 1.54) is 4.90 Å². The first-order valence-corrected chi connectivity index (χ1v) is 11.7. The summed E-state index contributed by atoms with van der Waals surface area (Å²) in [5.41, 5.74) is 5.51. The van der Waals surface area contributed by atoms with Crippen molar-refractivity contribution in [3.8, 4) is 11.3 Å². The summed E-state index contributed by atoms with van der Waals surface area (Å²) in [4.78, 5) is 20.9. The van der Waals surface area contributed by atoms with Crippen LogP contribution in [0.5, 0.6) is 0 Å². The quantitative estimate of drug-likeness (QED) is 0.262. The van der Waals surface area contributed by atoms with Crippen LogP contribution in [0.25, 0.3) is 16.9 Å². The van der Waals surface area contributed by atoms with Crippen LogP contribution in [-0.2, 0) is 0 Å². The van der Waals surface area contributed by atoms with Crippen LogP contribution in [-0.4, -0.2) is 15.2 Å². The third-order valence-electron chi connectivity index (χ3n) is 5.48. The van der Waals surface area contributed by atoms with Gasteiger partial charge in [0.15, 0.2) is 0 Å². The minimum atomic E-state index is -0.0601. The molecule has 0 fully saturated rings. The molecule has 0 spiro atoms. The third kappa shape index (κ3) is 3.23. The molecular weight excluding hydrogens is 482 g/mol. The van der Waals surface area contributed by atoms with Gasteiger partial charge in [0.1, 0.15) is 17.0 Å². The second-order valence-corrected chi connectivity index (χ2v) is 9.51. The molecule has 0 unspecified atom stereocenters. The van der Waals surface area contributed by atoms with Crippen molar-refractivity contribution in [3.63, 3.8) is 0 Å². The molecule has 0 aliphatic carbocycles. The predicted molar refractivity (Wildman–Crippen MR) is 132 cm³/mol. The van der Waals surface area contributed by atoms with E-state index in [-0.39, 0.29) is 5.78 Å². The maximum atomic E-state index is 13.8. The Morgan fingerprint density at radius 1 is 0.875 bits per heavy atom. The van der Waals surface area contributed by atoms with Crippen LogP contribution in [0.4, 0.5) is 11.4 Å². The van der Waals surface area contributed by atoms with Gasteiger partial charge in [-0.25, -0.2) is 4.98 Å². The Morgan fingerprint density at radius 3 is 2.53 bits per heavy atom. The molecule has 6 rings (SSSR count). The number of carbonyl (C=O) groups excluding carboxylic acids is 1. The number of ketones is 1. The summed E-state index contributed by atoms with van der Waals surface area (Å²) in [6.07, 6.45) is 1.89. The lowest BCUT2D eigenvalue weighted by molar-refractivity contribution is 0.103. The third-order valence-corrected chi connectivity index (χ3v) is 7.16. The van der Waals surface area contributed by atoms with Crippen molar-refractivity contribution in [2.45, 2.75) is 9.79 Å². The van der Waals surface area contributed by atoms with Gasteiger partial charge in [0, 0.05) is 31.6 Å². The SMILES string of the molecule is O=C(c1ccc2c(c1)Nc1ccccc1S2)c1c(-c2ccc(Br)cc2)nc2ccccn12. The van der Waals surface area contributed by atoms with E-state index in [0.717, 1.165) is 32.0 Å². The second kappa shape index (κ2) is 7.65. The number of halogens is 1. The van der Waals surface area contributed by atoms with Crippen LogP contribution in [0.15, 0.2) is 105 Å². The van der Waals surface area contributed by atoms with Gasteiger partial charge >= 0.3 is 0 Å². The highest BCUT2D eigenvalue weighted by Crippen LogP contribution is 2.44. The lowest BCUT2D eigenvalue weighted by Crippen LogP contribution is -2.08. The van der Waals surface area contributed by atoms with Crippen molar-refractivity contribution in [3.05, 3.63) is 107 Å². The van der Waals surface area contributed by atoms with Crippen molar-refractivity contribution in [1.82, 2.24) is 9.38 Å². The number of fused-ring (bicyclic) bond motifs is 3. The normalized spacial score (nSPS) is 12.2. The summed E-state index contributed by atoms with van der Waals surface area (Å²) in [5, 5.41) is 3.47. The molecule has 0 radical (unpaired) electrons. The number of anilines is 2. The number of nitrogens with zero attached hydrogens (tertiary/aromatic N) is 2. The maximum Gasteiger partial charge on any atom is 0.212 e. The van der Waals surface area contributed by atoms with Crippen molar-refractivity contribution in [2.24, 2.45) is 0 Å². The lowest BCUT2D eigenvalue weighted by atomic mass is 10.0. The first kappa shape index (κ1) is 19.3. The molecule has 32 heavy (non-hydrogen) atoms. The molecule has 1 N–H and O–H groups in total. The first-order valence-electron chi connectivity index (χ1n) is 10.1. The summed E-state index contributed by atoms with van der Waals surface area (Å²) in [6, 6.07) is 27.7. The molecule has 6 heteroatoms. The van der Waals surface area contributed by atoms with Crippen LogP contribution >= 0.6 is 27.7 Å². The fourth-order valence-corrected chi connectivity index (χ4v) is 5.17. The number of carbonyl (C=O) groups is 1. The molecule has 0 amide bonds. The zero-order valence-electron chi connectivity index (χ0n) is 16.7. The molecule has 0 saturated carbocycles. The molecule has 0 saturated heterocycles. The Kier molecular flexibility index (Phi) is 4.63. The van der Waals surface area contributed by atoms with E-state index >= 15 is 0 Å². The lowest BCUT2D eigenvalue weighted by Gasteiger charge is -2.21. The fraction of sp³-hybridized carbons (Fsp3) is 0. The van der Waals surface area contributed by atoms with Gasteiger partial charge in [0.2, 0.25) is 5.78 Å². The molecule has 0 bridgehead atoms. The van der Waals surface area contributed by atoms with Gasteiger partial charge < -0.3 is 5.32 Å². The Bertz CT molecular complexity index is 1510. The van der Waals surface area contributed by atoms with E-state index in [1.807, 2.05) is 83.4 Å². The number of benzene rings is 3. The van der Waals surface area contributed by atoms with E-state index in [9.17, 15) is 4.79 Å². The second-order valence-electron chi connectivity index (χ2n) is 7.51. The zero-order valence-corrected chi connectivity index (χ0v) is 19.2. The number of hydrogen-bond donors (Lipinski definition) is 1. The summed E-state index contributed by atoms with van der Waals surface area (Å²) in [5.74, 6) is -0.0601. The Morgan fingerprint density at radius 2 is 1.66 bits per heavy atom. The van der Waals surface area contributed by atoms with E-state index in [1.54, 1.807) is 11.8 Å². The number of nitrogens with one attached hydrogen (secondary N) is 1. The molecule has 0 atom stereocenters. The molecule has 1 aliphatic heterocycles. The van der Waals surface area contributed by atoms with E-state index in [2.05, 4.69) is 33.4 Å². The van der Waals surface area contributed by atoms with Crippen molar-refractivity contribution < 1.29 is 4.79 Å². The summed E-state index contributed by atoms with van der Waals surface area (Å²) in [7, 11) is 0. The molecular formula is C26H16BrN3OS. The minimum Gasteiger partial charge on any atom is -0.354 e. The maximum absolute atomic E-state index is 13.8. The zero-order chi connectivity index (χ0) is 21.7. The fourth-order valence-electron chi connectivity index (χ4n) is 3.94. The minimum absolute atomic E-state index is 0.0601. The first-order chi connectivity index (χ1) is 15.7. The van der Waals surface area contributed by atoms with E-state index in [0.29, 0.717) is 17.0 Å². The largest absolute Gasteiger partial charge is 0.354 e. The van der Waals surface area contributed by atoms with Gasteiger partial charge in [-0.05, 0) is 54.6 Å². The van der Waals surface area contributed by atoms with E-state index < -0.39 is 0 Å². The summed E-state index contributed by atoms with van der Waals surface area (Å²) in [6.45, 7) is 0. The monoisotopic (exact) mass is 497 g/mol. The standard InChI is InChI=1S/C26H16BrN3OS/c27-18-11-8-16(9-12-18)24-25(30-14-4-3-7-23(30)29-24)26(31)17-10-13-22-20(15-17)28-19-5-1-2-6-21(19)32-22/h1-15,28H. The Balaban J connectivity index is 1.47. The number of hydrogen-bond acceptors (Lipinski definition) is 4. The molecule has 1 aliphatic rings. The molecule has 5 aromatic rings. The highest BCUT2D eigenvalue weighted by molar-refractivity contribution is 9.10. The number of imidazole rings is 1. The predicted octanol–water partition coefficient (Wildman–Crippen LogP) is 7.20. The van der Waals surface area contributed by atoms with Crippen LogP contribution < -0.4 is 5.32 Å². The van der Waals surface area contributed by atoms with Crippen molar-refractivity contribution >= 4 is 50.5 Å². The smallest absolute Gasteiger partial charge is 0.212 e. The van der Waals surface area contributed by atoms with Gasteiger partial charge in [-0.3, -0.25) is 9.20 Å². The number of aromatic nitrogens is 2. The van der Waals surface area contributed by atoms with Crippen LogP contribution in [0.2, 0.25) is 0 Å². The number of pyridine rings is 1. The molecule has 154 valence electrons. The summed E-state index contributed by atoms with van der Waals surface area (Å²) >= 11 is 5.19. The highest BCUT2D eigenvalue weighted by Gasteiger charge is 2.24. The van der Waals surface area contributed by atoms with Crippen LogP contribution in [0, 0.1) is 0 Å². The number of rotatable bonds is 3. The van der Waals surface area contributed by atoms with Crippen LogP contribution in [0.1, 0.15) is 16.1 Å². The van der Waals surface area contributed by atoms with Gasteiger partial charge in [-0.1, -0.05) is 58.0 Å². The van der Waals surface area contributed by atoms with Gasteiger partial charge in [0.05, 0.1) is 11.4 Å². The average molecular weight is 498 g/mol.